The average Bonchev–Trinajstić information content (AvgIpc) is 2.61. The van der Waals surface area contributed by atoms with E-state index in [9.17, 15) is 0 Å². The fourth-order valence-electron chi connectivity index (χ4n) is 1.65. The number of hydrogen-bond acceptors (Lipinski definition) is 3. The van der Waals surface area contributed by atoms with Crippen molar-refractivity contribution in [3.63, 3.8) is 0 Å². The summed E-state index contributed by atoms with van der Waals surface area (Å²) in [5, 5.41) is 3.32. The number of aromatic nitrogens is 1. The summed E-state index contributed by atoms with van der Waals surface area (Å²) in [5.74, 6) is 0. The molecule has 0 aromatic carbocycles. The molecule has 0 saturated carbocycles. The molecule has 16 heavy (non-hydrogen) atoms. The first-order valence-corrected chi connectivity index (χ1v) is 6.66. The molecule has 4 heteroatoms. The van der Waals surface area contributed by atoms with Crippen LogP contribution < -0.4 is 5.32 Å². The smallest absolute Gasteiger partial charge is 0.0731 e. The molecular weight excluding hydrogens is 284 g/mol. The van der Waals surface area contributed by atoms with Gasteiger partial charge in [-0.3, -0.25) is 4.98 Å². The van der Waals surface area contributed by atoms with E-state index >= 15 is 0 Å². The number of hydrogen-bond donors (Lipinski definition) is 1. The molecule has 0 spiro atoms. The van der Waals surface area contributed by atoms with Crippen LogP contribution in [-0.2, 0) is 0 Å². The lowest BCUT2D eigenvalue weighted by Gasteiger charge is -2.14. The van der Waals surface area contributed by atoms with E-state index in [-0.39, 0.29) is 6.04 Å². The van der Waals surface area contributed by atoms with Gasteiger partial charge in [-0.15, -0.1) is 11.3 Å². The van der Waals surface area contributed by atoms with Gasteiger partial charge >= 0.3 is 0 Å². The molecule has 1 N–H and O–H groups in total. The molecule has 84 valence electrons. The summed E-state index contributed by atoms with van der Waals surface area (Å²) in [6.45, 7) is 2.11. The van der Waals surface area contributed by atoms with Crippen LogP contribution >= 0.6 is 27.3 Å². The zero-order valence-electron chi connectivity index (χ0n) is 9.20. The average molecular weight is 297 g/mol. The standard InChI is InChI=1S/C12H13BrN2S/c1-8-6-10(16-12(8)13)11(14-2)9-4-3-5-15-7-9/h3-7,11,14H,1-2H3. The van der Waals surface area contributed by atoms with Crippen LogP contribution in [0.2, 0.25) is 0 Å². The molecule has 2 nitrogen and oxygen atoms in total. The third-order valence-corrected chi connectivity index (χ3v) is 4.67. The highest BCUT2D eigenvalue weighted by Crippen LogP contribution is 2.33. The molecule has 0 aliphatic heterocycles. The van der Waals surface area contributed by atoms with E-state index in [1.165, 1.54) is 19.8 Å². The Labute approximate surface area is 108 Å². The number of rotatable bonds is 3. The van der Waals surface area contributed by atoms with E-state index in [4.69, 9.17) is 0 Å². The molecule has 2 aromatic rings. The number of thiophene rings is 1. The molecule has 0 radical (unpaired) electrons. The second kappa shape index (κ2) is 5.08. The van der Waals surface area contributed by atoms with Crippen molar-refractivity contribution >= 4 is 27.3 Å². The molecular formula is C12H13BrN2S. The van der Waals surface area contributed by atoms with Crippen LogP contribution in [0.4, 0.5) is 0 Å². The Morgan fingerprint density at radius 3 is 2.81 bits per heavy atom. The first-order valence-electron chi connectivity index (χ1n) is 5.05. The summed E-state index contributed by atoms with van der Waals surface area (Å²) in [4.78, 5) is 5.47. The van der Waals surface area contributed by atoms with Gasteiger partial charge in [-0.25, -0.2) is 0 Å². The minimum Gasteiger partial charge on any atom is -0.309 e. The molecule has 1 atom stereocenters. The van der Waals surface area contributed by atoms with Crippen molar-refractivity contribution in [1.29, 1.82) is 0 Å². The van der Waals surface area contributed by atoms with Crippen molar-refractivity contribution in [3.05, 3.63) is 50.4 Å². The molecule has 2 heterocycles. The minimum atomic E-state index is 0.226. The van der Waals surface area contributed by atoms with Gasteiger partial charge in [0.15, 0.2) is 0 Å². The fourth-order valence-corrected chi connectivity index (χ4v) is 3.36. The zero-order valence-corrected chi connectivity index (χ0v) is 11.6. The maximum atomic E-state index is 4.16. The van der Waals surface area contributed by atoms with E-state index in [1.807, 2.05) is 19.3 Å². The summed E-state index contributed by atoms with van der Waals surface area (Å²) in [5.41, 5.74) is 2.47. The summed E-state index contributed by atoms with van der Waals surface area (Å²) in [7, 11) is 1.97. The Morgan fingerprint density at radius 2 is 2.31 bits per heavy atom. The molecule has 0 saturated heterocycles. The second-order valence-corrected chi connectivity index (χ2v) is 6.02. The Hall–Kier alpha value is -0.710. The molecule has 0 amide bonds. The van der Waals surface area contributed by atoms with Crippen LogP contribution in [0.25, 0.3) is 0 Å². The third-order valence-electron chi connectivity index (χ3n) is 2.47. The van der Waals surface area contributed by atoms with Crippen LogP contribution in [0.5, 0.6) is 0 Å². The van der Waals surface area contributed by atoms with Crippen LogP contribution in [0.15, 0.2) is 34.4 Å². The van der Waals surface area contributed by atoms with Crippen molar-refractivity contribution in [1.82, 2.24) is 10.3 Å². The van der Waals surface area contributed by atoms with Crippen LogP contribution in [-0.4, -0.2) is 12.0 Å². The fraction of sp³-hybridized carbons (Fsp3) is 0.250. The van der Waals surface area contributed by atoms with E-state index in [0.29, 0.717) is 0 Å². The molecule has 0 aliphatic carbocycles. The molecule has 2 aromatic heterocycles. The molecule has 0 bridgehead atoms. The van der Waals surface area contributed by atoms with E-state index in [1.54, 1.807) is 17.5 Å². The predicted octanol–water partition coefficient (Wildman–Crippen LogP) is 3.52. The molecule has 1 unspecified atom stereocenters. The van der Waals surface area contributed by atoms with Crippen molar-refractivity contribution in [2.75, 3.05) is 7.05 Å². The summed E-state index contributed by atoms with van der Waals surface area (Å²) >= 11 is 5.33. The lowest BCUT2D eigenvalue weighted by molar-refractivity contribution is 0.700. The van der Waals surface area contributed by atoms with Gasteiger partial charge in [-0.05, 0) is 53.2 Å². The number of aryl methyl sites for hydroxylation is 1. The summed E-state index contributed by atoms with van der Waals surface area (Å²) < 4.78 is 1.20. The third kappa shape index (κ3) is 2.34. The minimum absolute atomic E-state index is 0.226. The largest absolute Gasteiger partial charge is 0.309 e. The van der Waals surface area contributed by atoms with Crippen LogP contribution in [0, 0.1) is 6.92 Å². The normalized spacial score (nSPS) is 12.7. The van der Waals surface area contributed by atoms with Gasteiger partial charge < -0.3 is 5.32 Å². The summed E-state index contributed by atoms with van der Waals surface area (Å²) in [6, 6.07) is 6.50. The van der Waals surface area contributed by atoms with E-state index < -0.39 is 0 Å². The Balaban J connectivity index is 2.37. The van der Waals surface area contributed by atoms with Crippen molar-refractivity contribution in [2.24, 2.45) is 0 Å². The number of nitrogens with one attached hydrogen (secondary N) is 1. The number of nitrogens with zero attached hydrogens (tertiary/aromatic N) is 1. The van der Waals surface area contributed by atoms with Crippen LogP contribution in [0.3, 0.4) is 0 Å². The second-order valence-electron chi connectivity index (χ2n) is 3.61. The molecule has 0 fully saturated rings. The lowest BCUT2D eigenvalue weighted by atomic mass is 10.1. The quantitative estimate of drug-likeness (QED) is 0.937. The summed E-state index contributed by atoms with van der Waals surface area (Å²) in [6.07, 6.45) is 3.70. The van der Waals surface area contributed by atoms with Gasteiger partial charge in [0.2, 0.25) is 0 Å². The number of halogens is 1. The highest BCUT2D eigenvalue weighted by Gasteiger charge is 2.15. The maximum Gasteiger partial charge on any atom is 0.0731 e. The van der Waals surface area contributed by atoms with Gasteiger partial charge in [0.1, 0.15) is 0 Å². The monoisotopic (exact) mass is 296 g/mol. The van der Waals surface area contributed by atoms with E-state index in [2.05, 4.69) is 45.3 Å². The predicted molar refractivity (Wildman–Crippen MR) is 71.9 cm³/mol. The highest BCUT2D eigenvalue weighted by molar-refractivity contribution is 9.11. The van der Waals surface area contributed by atoms with Gasteiger partial charge in [-0.2, -0.15) is 0 Å². The van der Waals surface area contributed by atoms with Gasteiger partial charge in [0.25, 0.3) is 0 Å². The Bertz CT molecular complexity index is 448. The topological polar surface area (TPSA) is 24.9 Å². The zero-order chi connectivity index (χ0) is 11.5. The van der Waals surface area contributed by atoms with Crippen molar-refractivity contribution < 1.29 is 0 Å². The van der Waals surface area contributed by atoms with Gasteiger partial charge in [0, 0.05) is 17.3 Å². The first-order chi connectivity index (χ1) is 7.72. The molecule has 0 aliphatic rings. The highest BCUT2D eigenvalue weighted by atomic mass is 79.9. The van der Waals surface area contributed by atoms with Crippen LogP contribution in [0.1, 0.15) is 22.0 Å². The van der Waals surface area contributed by atoms with Crippen molar-refractivity contribution in [2.45, 2.75) is 13.0 Å². The Kier molecular flexibility index (Phi) is 3.74. The van der Waals surface area contributed by atoms with Crippen molar-refractivity contribution in [3.8, 4) is 0 Å². The lowest BCUT2D eigenvalue weighted by Crippen LogP contribution is -2.16. The molecule has 2 rings (SSSR count). The Morgan fingerprint density at radius 1 is 1.50 bits per heavy atom. The number of pyridine rings is 1. The SMILES string of the molecule is CNC(c1cccnc1)c1cc(C)c(Br)s1. The first kappa shape index (κ1) is 11.8. The maximum absolute atomic E-state index is 4.16. The van der Waals surface area contributed by atoms with Gasteiger partial charge in [0.05, 0.1) is 9.83 Å². The van der Waals surface area contributed by atoms with E-state index in [0.717, 1.165) is 0 Å². The van der Waals surface area contributed by atoms with Gasteiger partial charge in [-0.1, -0.05) is 6.07 Å².